The van der Waals surface area contributed by atoms with Crippen LogP contribution in [-0.2, 0) is 15.0 Å². The predicted octanol–water partition coefficient (Wildman–Crippen LogP) is 4.56. The monoisotopic (exact) mass is 458 g/mol. The molecule has 1 spiro atoms. The summed E-state index contributed by atoms with van der Waals surface area (Å²) < 4.78 is 0. The Morgan fingerprint density at radius 1 is 1.15 bits per heavy atom. The van der Waals surface area contributed by atoms with E-state index in [-0.39, 0.29) is 23.1 Å². The fourth-order valence-electron chi connectivity index (χ4n) is 5.48. The minimum atomic E-state index is -1.52. The minimum absolute atomic E-state index is 0.0903. The number of amides is 1. The highest BCUT2D eigenvalue weighted by Gasteiger charge is 2.62. The molecule has 0 bridgehead atoms. The van der Waals surface area contributed by atoms with Gasteiger partial charge in [0, 0.05) is 46.2 Å². The number of Topliss-reactive ketones (excluding diaryl/α,β-unsaturated/α-hetero) is 1. The summed E-state index contributed by atoms with van der Waals surface area (Å²) in [6.45, 7) is 2.49. The molecule has 2 heterocycles. The van der Waals surface area contributed by atoms with Gasteiger partial charge in [-0.05, 0) is 43.5 Å². The summed E-state index contributed by atoms with van der Waals surface area (Å²) in [5.74, 6) is -0.238. The normalized spacial score (nSPS) is 22.1. The molecule has 1 unspecified atom stereocenters. The van der Waals surface area contributed by atoms with Crippen molar-refractivity contribution in [3.63, 3.8) is 0 Å². The number of fused-ring (bicyclic) bond motifs is 3. The van der Waals surface area contributed by atoms with E-state index in [9.17, 15) is 14.9 Å². The number of para-hydroxylation sites is 1. The topological polar surface area (TPSA) is 90.4 Å². The summed E-state index contributed by atoms with van der Waals surface area (Å²) >= 11 is 6.26. The first-order chi connectivity index (χ1) is 16.0. The van der Waals surface area contributed by atoms with Gasteiger partial charge < -0.3 is 10.6 Å². The fourth-order valence-corrected chi connectivity index (χ4v) is 5.67. The molecule has 0 radical (unpaired) electrons. The number of nitrogens with zero attached hydrogens (tertiary/aromatic N) is 3. The number of halogens is 1. The smallest absolute Gasteiger partial charge is 0.247 e. The molecule has 2 aliphatic heterocycles. The van der Waals surface area contributed by atoms with Gasteiger partial charge in [-0.3, -0.25) is 14.5 Å². The molecule has 166 valence electrons. The van der Waals surface area contributed by atoms with Crippen molar-refractivity contribution in [3.8, 4) is 6.07 Å². The second kappa shape index (κ2) is 7.79. The van der Waals surface area contributed by atoms with Gasteiger partial charge in [0.05, 0.1) is 5.57 Å². The lowest BCUT2D eigenvalue weighted by atomic mass is 9.64. The number of carbonyl (C=O) groups excluding carboxylic acids is 2. The largest absolute Gasteiger partial charge is 0.384 e. The maximum Gasteiger partial charge on any atom is 0.247 e. The number of benzene rings is 2. The number of nitrogens with two attached hydrogens (primary N) is 1. The molecule has 1 amide bonds. The molecule has 1 aliphatic carbocycles. The van der Waals surface area contributed by atoms with Gasteiger partial charge in [-0.1, -0.05) is 42.8 Å². The van der Waals surface area contributed by atoms with Crippen LogP contribution in [0.3, 0.4) is 0 Å². The molecule has 0 saturated carbocycles. The Balaban J connectivity index is 1.88. The first-order valence-electron chi connectivity index (χ1n) is 11.1. The molecule has 2 aromatic rings. The quantitative estimate of drug-likeness (QED) is 0.728. The molecule has 6 nitrogen and oxygen atoms in total. The lowest BCUT2D eigenvalue weighted by molar-refractivity contribution is -0.124. The molecule has 0 saturated heterocycles. The first-order valence-corrected chi connectivity index (χ1v) is 11.5. The second-order valence-corrected chi connectivity index (χ2v) is 8.95. The Hall–Kier alpha value is -3.56. The molecule has 0 fully saturated rings. The highest BCUT2D eigenvalue weighted by Crippen LogP contribution is 2.56. The summed E-state index contributed by atoms with van der Waals surface area (Å²) in [4.78, 5) is 31.2. The predicted molar refractivity (Wildman–Crippen MR) is 127 cm³/mol. The maximum atomic E-state index is 14.2. The number of hydrogen-bond acceptors (Lipinski definition) is 5. The Morgan fingerprint density at radius 2 is 1.94 bits per heavy atom. The molecular formula is C26H23ClN4O2. The van der Waals surface area contributed by atoms with Crippen LogP contribution in [0.5, 0.6) is 0 Å². The van der Waals surface area contributed by atoms with Crippen LogP contribution in [0.25, 0.3) is 0 Å². The van der Waals surface area contributed by atoms with Crippen LogP contribution in [0.4, 0.5) is 11.4 Å². The molecule has 7 heteroatoms. The van der Waals surface area contributed by atoms with Crippen LogP contribution in [0, 0.1) is 11.3 Å². The number of nitriles is 1. The third kappa shape index (κ3) is 2.79. The Morgan fingerprint density at radius 3 is 2.67 bits per heavy atom. The zero-order chi connectivity index (χ0) is 23.3. The van der Waals surface area contributed by atoms with Crippen molar-refractivity contribution in [1.29, 1.82) is 5.26 Å². The zero-order valence-corrected chi connectivity index (χ0v) is 19.0. The third-order valence-electron chi connectivity index (χ3n) is 6.69. The maximum absolute atomic E-state index is 14.2. The van der Waals surface area contributed by atoms with E-state index in [4.69, 9.17) is 17.3 Å². The molecule has 1 atom stereocenters. The lowest BCUT2D eigenvalue weighted by Gasteiger charge is -2.43. The van der Waals surface area contributed by atoms with Gasteiger partial charge in [0.25, 0.3) is 0 Å². The molecule has 2 N–H and O–H groups in total. The van der Waals surface area contributed by atoms with E-state index in [2.05, 4.69) is 6.07 Å². The lowest BCUT2D eigenvalue weighted by Crippen LogP contribution is -2.52. The number of allylic oxidation sites excluding steroid dienone is 1. The van der Waals surface area contributed by atoms with E-state index in [0.29, 0.717) is 53.4 Å². The summed E-state index contributed by atoms with van der Waals surface area (Å²) in [6.07, 6.45) is 2.28. The van der Waals surface area contributed by atoms with Gasteiger partial charge >= 0.3 is 0 Å². The van der Waals surface area contributed by atoms with Crippen molar-refractivity contribution in [2.24, 2.45) is 5.73 Å². The average Bonchev–Trinajstić information content (AvgIpc) is 3.04. The zero-order valence-electron chi connectivity index (χ0n) is 18.3. The second-order valence-electron chi connectivity index (χ2n) is 8.51. The van der Waals surface area contributed by atoms with Gasteiger partial charge in [0.1, 0.15) is 17.3 Å². The van der Waals surface area contributed by atoms with E-state index < -0.39 is 5.41 Å². The number of ketones is 1. The van der Waals surface area contributed by atoms with Crippen molar-refractivity contribution in [2.45, 2.75) is 38.0 Å². The molecule has 5 rings (SSSR count). The third-order valence-corrected chi connectivity index (χ3v) is 6.93. The molecule has 33 heavy (non-hydrogen) atoms. The fraction of sp³-hybridized carbons (Fsp3) is 0.269. The van der Waals surface area contributed by atoms with E-state index in [1.807, 2.05) is 37.3 Å². The van der Waals surface area contributed by atoms with Crippen LogP contribution < -0.4 is 15.5 Å². The Kier molecular flexibility index (Phi) is 5.02. The van der Waals surface area contributed by atoms with E-state index in [0.717, 1.165) is 12.1 Å². The van der Waals surface area contributed by atoms with Crippen molar-refractivity contribution in [3.05, 3.63) is 81.8 Å². The molecule has 3 aliphatic rings. The van der Waals surface area contributed by atoms with Gasteiger partial charge in [0.2, 0.25) is 5.91 Å². The van der Waals surface area contributed by atoms with Gasteiger partial charge in [0.15, 0.2) is 5.78 Å². The molecular weight excluding hydrogens is 436 g/mol. The summed E-state index contributed by atoms with van der Waals surface area (Å²) in [7, 11) is 0. The average molecular weight is 459 g/mol. The van der Waals surface area contributed by atoms with Gasteiger partial charge in [-0.25, -0.2) is 0 Å². The molecule has 2 aromatic carbocycles. The minimum Gasteiger partial charge on any atom is -0.384 e. The van der Waals surface area contributed by atoms with Gasteiger partial charge in [-0.15, -0.1) is 0 Å². The van der Waals surface area contributed by atoms with Crippen LogP contribution in [0.15, 0.2) is 71.2 Å². The van der Waals surface area contributed by atoms with Gasteiger partial charge in [-0.2, -0.15) is 5.26 Å². The summed E-state index contributed by atoms with van der Waals surface area (Å²) in [6, 6.07) is 16.8. The molecule has 0 aromatic heterocycles. The van der Waals surface area contributed by atoms with Crippen molar-refractivity contribution >= 4 is 34.7 Å². The highest BCUT2D eigenvalue weighted by molar-refractivity contribution is 6.30. The van der Waals surface area contributed by atoms with E-state index in [1.54, 1.807) is 28.0 Å². The number of carbonyl (C=O) groups is 2. The van der Waals surface area contributed by atoms with E-state index >= 15 is 0 Å². The van der Waals surface area contributed by atoms with E-state index in [1.165, 1.54) is 0 Å². The highest BCUT2D eigenvalue weighted by atomic mass is 35.5. The van der Waals surface area contributed by atoms with Crippen LogP contribution in [-0.4, -0.2) is 18.2 Å². The van der Waals surface area contributed by atoms with Crippen molar-refractivity contribution < 1.29 is 9.59 Å². The van der Waals surface area contributed by atoms with Crippen molar-refractivity contribution in [1.82, 2.24) is 0 Å². The first kappa shape index (κ1) is 21.3. The summed E-state index contributed by atoms with van der Waals surface area (Å²) in [5, 5.41) is 10.9. The standard InChI is InChI=1S/C26H23ClN4O2/c1-2-13-30-20-10-4-3-9-18(20)26(25(30)33)19(15-28)24(29)31(17-8-5-7-16(27)14-17)21-11-6-12-22(32)23(21)26/h3-5,7-10,14H,2,6,11-13,29H2,1H3. The number of rotatable bonds is 3. The van der Waals surface area contributed by atoms with Crippen molar-refractivity contribution in [2.75, 3.05) is 16.3 Å². The number of hydrogen-bond donors (Lipinski definition) is 1. The Bertz CT molecular complexity index is 1310. The SMILES string of the molecule is CCCN1C(=O)C2(C(C#N)=C(N)N(c3cccc(Cl)c3)C3=C2C(=O)CCC3)c2ccccc21. The summed E-state index contributed by atoms with van der Waals surface area (Å²) in [5.41, 5.74) is 8.34. The van der Waals surface area contributed by atoms with Crippen LogP contribution >= 0.6 is 11.6 Å². The van der Waals surface area contributed by atoms with Crippen LogP contribution in [0.2, 0.25) is 5.02 Å². The number of anilines is 2. The van der Waals surface area contributed by atoms with Crippen LogP contribution in [0.1, 0.15) is 38.2 Å². The Labute approximate surface area is 197 Å².